The van der Waals surface area contributed by atoms with Crippen molar-refractivity contribution in [3.8, 4) is 0 Å². The summed E-state index contributed by atoms with van der Waals surface area (Å²) in [6.45, 7) is 4.70. The number of hydrogen-bond acceptors (Lipinski definition) is 3. The number of ether oxygens (including phenoxy) is 1. The Morgan fingerprint density at radius 3 is 3.06 bits per heavy atom. The van der Waals surface area contributed by atoms with Crippen LogP contribution in [0, 0.1) is 5.82 Å². The fourth-order valence-electron chi connectivity index (χ4n) is 1.91. The number of carbonyl (C=O) groups is 1. The van der Waals surface area contributed by atoms with Crippen molar-refractivity contribution in [1.29, 1.82) is 0 Å². The molecular weight excluding hydrogens is 259 g/mol. The molecule has 1 saturated heterocycles. The lowest BCUT2D eigenvalue weighted by Crippen LogP contribution is -2.50. The fraction of sp³-hybridized carbons (Fsp3) is 0.500. The van der Waals surface area contributed by atoms with Gasteiger partial charge in [0.1, 0.15) is 11.0 Å². The van der Waals surface area contributed by atoms with Gasteiger partial charge in [-0.25, -0.2) is 9.37 Å². The van der Waals surface area contributed by atoms with E-state index in [2.05, 4.69) is 4.98 Å². The molecule has 2 rings (SSSR count). The maximum absolute atomic E-state index is 13.1. The Balaban J connectivity index is 2.27. The van der Waals surface area contributed by atoms with Crippen LogP contribution in [0.15, 0.2) is 12.3 Å². The van der Waals surface area contributed by atoms with E-state index in [1.54, 1.807) is 4.90 Å². The Hall–Kier alpha value is -1.20. The van der Waals surface area contributed by atoms with Gasteiger partial charge in [-0.05, 0) is 19.9 Å². The van der Waals surface area contributed by atoms with Gasteiger partial charge in [0.25, 0.3) is 5.91 Å². The summed E-state index contributed by atoms with van der Waals surface area (Å²) >= 11 is 5.84. The van der Waals surface area contributed by atoms with Gasteiger partial charge in [0.05, 0.1) is 30.5 Å². The molecule has 1 aliphatic rings. The summed E-state index contributed by atoms with van der Waals surface area (Å²) in [5, 5.41) is 0.0211. The number of aromatic nitrogens is 1. The molecule has 0 aliphatic carbocycles. The molecule has 1 amide bonds. The molecule has 2 unspecified atom stereocenters. The normalized spacial score (nSPS) is 24.1. The summed E-state index contributed by atoms with van der Waals surface area (Å²) in [4.78, 5) is 17.6. The van der Waals surface area contributed by atoms with Gasteiger partial charge in [0.2, 0.25) is 0 Å². The molecule has 0 bridgehead atoms. The highest BCUT2D eigenvalue weighted by Crippen LogP contribution is 2.20. The van der Waals surface area contributed by atoms with Gasteiger partial charge in [0, 0.05) is 6.54 Å². The molecule has 6 heteroatoms. The first kappa shape index (κ1) is 13.2. The summed E-state index contributed by atoms with van der Waals surface area (Å²) in [5.74, 6) is -0.883. The monoisotopic (exact) mass is 272 g/mol. The van der Waals surface area contributed by atoms with E-state index in [9.17, 15) is 9.18 Å². The lowest BCUT2D eigenvalue weighted by atomic mass is 10.1. The van der Waals surface area contributed by atoms with Crippen molar-refractivity contribution >= 4 is 17.5 Å². The van der Waals surface area contributed by atoms with Crippen molar-refractivity contribution in [3.63, 3.8) is 0 Å². The first-order valence-electron chi connectivity index (χ1n) is 5.72. The minimum atomic E-state index is -0.572. The summed E-state index contributed by atoms with van der Waals surface area (Å²) in [6, 6.07) is 1.05. The third-order valence-corrected chi connectivity index (χ3v) is 3.21. The molecule has 98 valence electrons. The average Bonchev–Trinajstić information content (AvgIpc) is 2.34. The molecule has 0 saturated carbocycles. The molecule has 0 N–H and O–H groups in total. The van der Waals surface area contributed by atoms with Gasteiger partial charge < -0.3 is 9.64 Å². The maximum Gasteiger partial charge on any atom is 0.257 e. The molecule has 18 heavy (non-hydrogen) atoms. The van der Waals surface area contributed by atoms with Crippen molar-refractivity contribution < 1.29 is 13.9 Å². The largest absolute Gasteiger partial charge is 0.375 e. The number of hydrogen-bond donors (Lipinski definition) is 0. The topological polar surface area (TPSA) is 42.4 Å². The average molecular weight is 273 g/mol. The van der Waals surface area contributed by atoms with Crippen LogP contribution in [0.4, 0.5) is 4.39 Å². The second kappa shape index (κ2) is 5.20. The van der Waals surface area contributed by atoms with Crippen LogP contribution < -0.4 is 0 Å². The van der Waals surface area contributed by atoms with Crippen molar-refractivity contribution in [2.75, 3.05) is 13.2 Å². The lowest BCUT2D eigenvalue weighted by molar-refractivity contribution is -0.0387. The van der Waals surface area contributed by atoms with Gasteiger partial charge in [-0.3, -0.25) is 4.79 Å². The Morgan fingerprint density at radius 1 is 1.61 bits per heavy atom. The first-order chi connectivity index (χ1) is 8.49. The molecule has 0 aromatic carbocycles. The Kier molecular flexibility index (Phi) is 3.82. The molecule has 1 aliphatic heterocycles. The molecule has 1 aromatic heterocycles. The van der Waals surface area contributed by atoms with E-state index < -0.39 is 5.82 Å². The van der Waals surface area contributed by atoms with E-state index in [-0.39, 0.29) is 28.8 Å². The van der Waals surface area contributed by atoms with Crippen LogP contribution in [-0.2, 0) is 4.74 Å². The standard InChI is InChI=1S/C12H14ClFN2O2/c1-7-6-18-8(2)5-16(7)12(17)10-3-9(14)4-15-11(10)13/h3-4,7-8H,5-6H2,1-2H3. The second-order valence-electron chi connectivity index (χ2n) is 4.44. The lowest BCUT2D eigenvalue weighted by Gasteiger charge is -2.36. The molecule has 0 spiro atoms. The minimum absolute atomic E-state index is 0.0211. The van der Waals surface area contributed by atoms with Gasteiger partial charge in [0.15, 0.2) is 0 Å². The zero-order valence-corrected chi connectivity index (χ0v) is 10.9. The number of rotatable bonds is 1. The predicted molar refractivity (Wildman–Crippen MR) is 65.1 cm³/mol. The third kappa shape index (κ3) is 2.62. The van der Waals surface area contributed by atoms with Crippen LogP contribution in [0.5, 0.6) is 0 Å². The summed E-state index contributed by atoms with van der Waals surface area (Å²) in [6.07, 6.45) is 0.954. The van der Waals surface area contributed by atoms with E-state index in [1.807, 2.05) is 13.8 Å². The van der Waals surface area contributed by atoms with E-state index in [0.717, 1.165) is 12.3 Å². The quantitative estimate of drug-likeness (QED) is 0.736. The minimum Gasteiger partial charge on any atom is -0.375 e. The van der Waals surface area contributed by atoms with E-state index in [4.69, 9.17) is 16.3 Å². The number of carbonyl (C=O) groups excluding carboxylic acids is 1. The molecular formula is C12H14ClFN2O2. The van der Waals surface area contributed by atoms with Crippen molar-refractivity contribution in [2.45, 2.75) is 26.0 Å². The van der Waals surface area contributed by atoms with Gasteiger partial charge >= 0.3 is 0 Å². The van der Waals surface area contributed by atoms with E-state index in [0.29, 0.717) is 13.2 Å². The fourth-order valence-corrected chi connectivity index (χ4v) is 2.10. The zero-order valence-electron chi connectivity index (χ0n) is 10.2. The van der Waals surface area contributed by atoms with Crippen molar-refractivity contribution in [2.24, 2.45) is 0 Å². The van der Waals surface area contributed by atoms with Crippen molar-refractivity contribution in [3.05, 3.63) is 28.8 Å². The Morgan fingerprint density at radius 2 is 2.33 bits per heavy atom. The number of amides is 1. The van der Waals surface area contributed by atoms with Gasteiger partial charge in [-0.2, -0.15) is 0 Å². The summed E-state index contributed by atoms with van der Waals surface area (Å²) in [7, 11) is 0. The van der Waals surface area contributed by atoms with Crippen LogP contribution in [0.3, 0.4) is 0 Å². The van der Waals surface area contributed by atoms with Crippen molar-refractivity contribution in [1.82, 2.24) is 9.88 Å². The Labute approximate surface area is 110 Å². The summed E-state index contributed by atoms with van der Waals surface area (Å²) in [5.41, 5.74) is 0.0950. The van der Waals surface area contributed by atoms with Gasteiger partial charge in [-0.15, -0.1) is 0 Å². The SMILES string of the molecule is CC1CN(C(=O)c2cc(F)cnc2Cl)C(C)CO1. The van der Waals surface area contributed by atoms with Crippen LogP contribution in [0.25, 0.3) is 0 Å². The molecule has 1 fully saturated rings. The number of pyridine rings is 1. The van der Waals surface area contributed by atoms with Crippen LogP contribution in [-0.4, -0.2) is 41.1 Å². The molecule has 1 aromatic rings. The second-order valence-corrected chi connectivity index (χ2v) is 4.80. The molecule has 4 nitrogen and oxygen atoms in total. The third-order valence-electron chi connectivity index (χ3n) is 2.90. The van der Waals surface area contributed by atoms with Crippen LogP contribution in [0.1, 0.15) is 24.2 Å². The van der Waals surface area contributed by atoms with Crippen LogP contribution in [0.2, 0.25) is 5.15 Å². The number of nitrogens with zero attached hydrogens (tertiary/aromatic N) is 2. The molecule has 2 heterocycles. The van der Waals surface area contributed by atoms with E-state index >= 15 is 0 Å². The van der Waals surface area contributed by atoms with Gasteiger partial charge in [-0.1, -0.05) is 11.6 Å². The molecule has 2 atom stereocenters. The maximum atomic E-state index is 13.1. The first-order valence-corrected chi connectivity index (χ1v) is 6.10. The Bertz CT molecular complexity index is 469. The smallest absolute Gasteiger partial charge is 0.257 e. The zero-order chi connectivity index (χ0) is 13.3. The highest BCUT2D eigenvalue weighted by atomic mass is 35.5. The van der Waals surface area contributed by atoms with E-state index in [1.165, 1.54) is 0 Å². The number of morpholine rings is 1. The van der Waals surface area contributed by atoms with Crippen LogP contribution >= 0.6 is 11.6 Å². The number of halogens is 2. The summed E-state index contributed by atoms with van der Waals surface area (Å²) < 4.78 is 18.6. The predicted octanol–water partition coefficient (Wildman–Crippen LogP) is 2.12. The highest BCUT2D eigenvalue weighted by Gasteiger charge is 2.29. The highest BCUT2D eigenvalue weighted by molar-refractivity contribution is 6.32. The molecule has 0 radical (unpaired) electrons.